The van der Waals surface area contributed by atoms with E-state index in [-0.39, 0.29) is 12.6 Å². The van der Waals surface area contributed by atoms with Crippen molar-refractivity contribution in [3.8, 4) is 0 Å². The molecule has 0 aliphatic rings. The lowest BCUT2D eigenvalue weighted by Crippen LogP contribution is -2.37. The largest absolute Gasteiger partial charge is 0.264 e. The van der Waals surface area contributed by atoms with Crippen molar-refractivity contribution in [2.45, 2.75) is 31.5 Å². The van der Waals surface area contributed by atoms with Crippen molar-refractivity contribution in [1.82, 2.24) is 9.29 Å². The smallest absolute Gasteiger partial charge is 0.241 e. The molecule has 0 radical (unpaired) electrons. The Labute approximate surface area is 124 Å². The molecule has 0 atom stereocenters. The summed E-state index contributed by atoms with van der Waals surface area (Å²) in [7, 11) is -3.98. The zero-order valence-corrected chi connectivity index (χ0v) is 12.7. The molecule has 0 amide bonds. The number of sulfonamides is 1. The van der Waals surface area contributed by atoms with Crippen molar-refractivity contribution in [3.05, 3.63) is 60.0 Å². The molecule has 4 nitrogen and oxygen atoms in total. The summed E-state index contributed by atoms with van der Waals surface area (Å²) in [6, 6.07) is 11.3. The van der Waals surface area contributed by atoms with Gasteiger partial charge in [-0.3, -0.25) is 0 Å². The van der Waals surface area contributed by atoms with E-state index in [1.54, 1.807) is 13.8 Å². The number of hydrogen-bond donors (Lipinski definition) is 0. The first-order chi connectivity index (χ1) is 9.93. The van der Waals surface area contributed by atoms with Gasteiger partial charge in [0.1, 0.15) is 0 Å². The highest BCUT2D eigenvalue weighted by Crippen LogP contribution is 2.21. The molecule has 0 fully saturated rings. The topological polar surface area (TPSA) is 50.3 Å². The first-order valence-electron chi connectivity index (χ1n) is 6.59. The van der Waals surface area contributed by atoms with Crippen LogP contribution in [0.5, 0.6) is 0 Å². The first-order valence-corrected chi connectivity index (χ1v) is 8.03. The summed E-state index contributed by atoms with van der Waals surface area (Å²) in [6.07, 6.45) is 1.27. The van der Waals surface area contributed by atoms with Crippen molar-refractivity contribution < 1.29 is 12.8 Å². The number of benzene rings is 1. The van der Waals surface area contributed by atoms with Crippen LogP contribution in [-0.4, -0.2) is 23.7 Å². The van der Waals surface area contributed by atoms with E-state index in [9.17, 15) is 12.8 Å². The van der Waals surface area contributed by atoms with E-state index in [0.29, 0.717) is 0 Å². The second-order valence-electron chi connectivity index (χ2n) is 4.92. The Morgan fingerprint density at radius 2 is 1.81 bits per heavy atom. The fourth-order valence-electron chi connectivity index (χ4n) is 1.98. The Hall–Kier alpha value is -1.79. The van der Waals surface area contributed by atoms with E-state index >= 15 is 0 Å². The van der Waals surface area contributed by atoms with Gasteiger partial charge in [0.05, 0.1) is 0 Å². The van der Waals surface area contributed by atoms with Crippen LogP contribution in [0, 0.1) is 5.82 Å². The van der Waals surface area contributed by atoms with Crippen LogP contribution >= 0.6 is 0 Å². The minimum atomic E-state index is -3.98. The zero-order valence-electron chi connectivity index (χ0n) is 11.9. The van der Waals surface area contributed by atoms with Crippen molar-refractivity contribution in [2.75, 3.05) is 0 Å². The second kappa shape index (κ2) is 6.32. The van der Waals surface area contributed by atoms with Gasteiger partial charge in [-0.05, 0) is 31.5 Å². The molecule has 2 aromatic rings. The molecule has 0 saturated carbocycles. The predicted octanol–water partition coefficient (Wildman–Crippen LogP) is 2.82. The summed E-state index contributed by atoms with van der Waals surface area (Å²) < 4.78 is 40.3. The van der Waals surface area contributed by atoms with Crippen LogP contribution in [0.25, 0.3) is 0 Å². The fourth-order valence-corrected chi connectivity index (χ4v) is 3.59. The van der Waals surface area contributed by atoms with Gasteiger partial charge < -0.3 is 0 Å². The second-order valence-corrected chi connectivity index (χ2v) is 6.73. The molecule has 0 bridgehead atoms. The molecule has 0 aliphatic heterocycles. The summed E-state index contributed by atoms with van der Waals surface area (Å²) in [6.45, 7) is 3.68. The van der Waals surface area contributed by atoms with E-state index in [0.717, 1.165) is 11.6 Å². The number of halogens is 1. The summed E-state index contributed by atoms with van der Waals surface area (Å²) in [5.74, 6) is -0.837. The van der Waals surface area contributed by atoms with Crippen LogP contribution in [-0.2, 0) is 16.6 Å². The minimum absolute atomic E-state index is 0.177. The number of rotatable bonds is 5. The Bertz CT molecular complexity index is 703. The monoisotopic (exact) mass is 308 g/mol. The molecule has 1 aromatic heterocycles. The van der Waals surface area contributed by atoms with Gasteiger partial charge in [0.2, 0.25) is 5.03 Å². The quantitative estimate of drug-likeness (QED) is 0.853. The molecule has 0 aliphatic carbocycles. The number of pyridine rings is 1. The highest BCUT2D eigenvalue weighted by atomic mass is 32.2. The van der Waals surface area contributed by atoms with Gasteiger partial charge in [0.15, 0.2) is 5.82 Å². The molecular formula is C15H17FN2O2S. The van der Waals surface area contributed by atoms with Gasteiger partial charge in [-0.25, -0.2) is 17.8 Å². The minimum Gasteiger partial charge on any atom is -0.241 e. The van der Waals surface area contributed by atoms with Gasteiger partial charge >= 0.3 is 0 Å². The highest BCUT2D eigenvalue weighted by Gasteiger charge is 2.30. The van der Waals surface area contributed by atoms with E-state index in [1.165, 1.54) is 16.6 Å². The van der Waals surface area contributed by atoms with Crippen LogP contribution in [0.15, 0.2) is 53.7 Å². The lowest BCUT2D eigenvalue weighted by atomic mass is 10.2. The standard InChI is InChI=1S/C15H17FN2O2S/c1-12(2)18(11-13-7-4-3-5-8-13)21(19,20)15-14(16)9-6-10-17-15/h3-10,12H,11H2,1-2H3. The molecule has 6 heteroatoms. The summed E-state index contributed by atoms with van der Waals surface area (Å²) in [4.78, 5) is 3.69. The van der Waals surface area contributed by atoms with Crippen molar-refractivity contribution >= 4 is 10.0 Å². The van der Waals surface area contributed by atoms with Gasteiger partial charge in [0, 0.05) is 18.8 Å². The summed E-state index contributed by atoms with van der Waals surface area (Å²) in [5, 5.41) is -0.533. The maximum atomic E-state index is 13.8. The van der Waals surface area contributed by atoms with E-state index < -0.39 is 20.9 Å². The van der Waals surface area contributed by atoms with E-state index in [4.69, 9.17) is 0 Å². The molecule has 0 N–H and O–H groups in total. The highest BCUT2D eigenvalue weighted by molar-refractivity contribution is 7.89. The molecule has 21 heavy (non-hydrogen) atoms. The average molecular weight is 308 g/mol. The third-order valence-electron chi connectivity index (χ3n) is 3.03. The average Bonchev–Trinajstić information content (AvgIpc) is 2.45. The summed E-state index contributed by atoms with van der Waals surface area (Å²) in [5.41, 5.74) is 0.839. The molecule has 1 heterocycles. The maximum Gasteiger partial charge on any atom is 0.264 e. The Morgan fingerprint density at radius 1 is 1.14 bits per heavy atom. The molecule has 0 saturated heterocycles. The van der Waals surface area contributed by atoms with Gasteiger partial charge in [-0.15, -0.1) is 0 Å². The molecule has 1 aromatic carbocycles. The van der Waals surface area contributed by atoms with Gasteiger partial charge in [-0.1, -0.05) is 30.3 Å². The zero-order chi connectivity index (χ0) is 15.5. The Morgan fingerprint density at radius 3 is 2.38 bits per heavy atom. The van der Waals surface area contributed by atoms with Crippen molar-refractivity contribution in [3.63, 3.8) is 0 Å². The predicted molar refractivity (Wildman–Crippen MR) is 78.5 cm³/mol. The van der Waals surface area contributed by atoms with E-state index in [1.807, 2.05) is 30.3 Å². The van der Waals surface area contributed by atoms with E-state index in [2.05, 4.69) is 4.98 Å². The van der Waals surface area contributed by atoms with Crippen LogP contribution in [0.2, 0.25) is 0 Å². The van der Waals surface area contributed by atoms with Crippen LogP contribution in [0.3, 0.4) is 0 Å². The Kier molecular flexibility index (Phi) is 4.69. The molecule has 0 unspecified atom stereocenters. The van der Waals surface area contributed by atoms with Crippen LogP contribution < -0.4 is 0 Å². The van der Waals surface area contributed by atoms with Gasteiger partial charge in [-0.2, -0.15) is 4.31 Å². The van der Waals surface area contributed by atoms with Crippen molar-refractivity contribution in [1.29, 1.82) is 0 Å². The third kappa shape index (κ3) is 3.46. The third-order valence-corrected chi connectivity index (χ3v) is 4.99. The number of hydrogen-bond acceptors (Lipinski definition) is 3. The molecule has 0 spiro atoms. The fraction of sp³-hybridized carbons (Fsp3) is 0.267. The molecule has 112 valence electrons. The normalized spacial score (nSPS) is 12.0. The number of nitrogens with zero attached hydrogens (tertiary/aromatic N) is 2. The van der Waals surface area contributed by atoms with Crippen LogP contribution in [0.1, 0.15) is 19.4 Å². The van der Waals surface area contributed by atoms with Crippen molar-refractivity contribution in [2.24, 2.45) is 0 Å². The number of aromatic nitrogens is 1. The molecule has 2 rings (SSSR count). The lowest BCUT2D eigenvalue weighted by Gasteiger charge is -2.25. The van der Waals surface area contributed by atoms with Crippen LogP contribution in [0.4, 0.5) is 4.39 Å². The maximum absolute atomic E-state index is 13.8. The SMILES string of the molecule is CC(C)N(Cc1ccccc1)S(=O)(=O)c1ncccc1F. The molecular weight excluding hydrogens is 291 g/mol. The summed E-state index contributed by atoms with van der Waals surface area (Å²) >= 11 is 0. The van der Waals surface area contributed by atoms with Gasteiger partial charge in [0.25, 0.3) is 10.0 Å². The first kappa shape index (κ1) is 15.6. The Balaban J connectivity index is 2.40. The lowest BCUT2D eigenvalue weighted by molar-refractivity contribution is 0.344.